The van der Waals surface area contributed by atoms with E-state index in [0.717, 1.165) is 11.1 Å². The van der Waals surface area contributed by atoms with Crippen molar-refractivity contribution in [2.24, 2.45) is 0 Å². The number of anilines is 1. The van der Waals surface area contributed by atoms with Crippen LogP contribution in [0.1, 0.15) is 5.56 Å². The van der Waals surface area contributed by atoms with Gasteiger partial charge >= 0.3 is 0 Å². The maximum atomic E-state index is 13.0. The second-order valence-electron chi connectivity index (χ2n) is 4.12. The average molecular weight is 275 g/mol. The van der Waals surface area contributed by atoms with Crippen molar-refractivity contribution in [3.05, 3.63) is 40.3 Å². The van der Waals surface area contributed by atoms with Crippen LogP contribution in [0.25, 0.3) is 22.8 Å². The van der Waals surface area contributed by atoms with Crippen LogP contribution in [0.3, 0.4) is 0 Å². The lowest BCUT2D eigenvalue weighted by Crippen LogP contribution is -1.91. The van der Waals surface area contributed by atoms with E-state index in [4.69, 9.17) is 10.3 Å². The first-order valence-corrected chi connectivity index (χ1v) is 6.51. The van der Waals surface area contributed by atoms with Crippen LogP contribution < -0.4 is 5.73 Å². The highest BCUT2D eigenvalue weighted by Crippen LogP contribution is 2.29. The van der Waals surface area contributed by atoms with Gasteiger partial charge in [-0.05, 0) is 36.1 Å². The van der Waals surface area contributed by atoms with Gasteiger partial charge in [0, 0.05) is 16.6 Å². The first-order valence-electron chi connectivity index (χ1n) is 5.57. The Labute approximate surface area is 112 Å². The van der Waals surface area contributed by atoms with Crippen molar-refractivity contribution >= 4 is 17.0 Å². The van der Waals surface area contributed by atoms with Gasteiger partial charge in [0.2, 0.25) is 5.82 Å². The van der Waals surface area contributed by atoms with Gasteiger partial charge < -0.3 is 10.3 Å². The number of hydrogen-bond donors (Lipinski definition) is 1. The molecule has 0 unspecified atom stereocenters. The van der Waals surface area contributed by atoms with E-state index in [-0.39, 0.29) is 11.6 Å². The molecule has 1 aromatic carbocycles. The monoisotopic (exact) mass is 275 g/mol. The van der Waals surface area contributed by atoms with Crippen molar-refractivity contribution in [3.8, 4) is 22.8 Å². The molecule has 19 heavy (non-hydrogen) atoms. The third kappa shape index (κ3) is 2.10. The van der Waals surface area contributed by atoms with Crippen LogP contribution in [0.2, 0.25) is 0 Å². The Balaban J connectivity index is 2.04. The molecule has 0 atom stereocenters. The molecule has 0 aliphatic heterocycles. The molecule has 0 spiro atoms. The number of nitrogens with two attached hydrogens (primary N) is 1. The molecule has 0 radical (unpaired) electrons. The second-order valence-corrected chi connectivity index (χ2v) is 4.87. The largest absolute Gasteiger partial charge is 0.398 e. The van der Waals surface area contributed by atoms with Gasteiger partial charge in [-0.15, -0.1) is 0 Å². The van der Waals surface area contributed by atoms with Gasteiger partial charge in [0.15, 0.2) is 0 Å². The number of nitrogen functional groups attached to an aromatic ring is 1. The number of rotatable bonds is 2. The van der Waals surface area contributed by atoms with E-state index in [1.807, 2.05) is 17.7 Å². The van der Waals surface area contributed by atoms with Gasteiger partial charge in [0.1, 0.15) is 5.82 Å². The summed E-state index contributed by atoms with van der Waals surface area (Å²) in [5, 5.41) is 7.90. The number of benzene rings is 1. The molecule has 2 aromatic heterocycles. The van der Waals surface area contributed by atoms with Crippen LogP contribution in [0.5, 0.6) is 0 Å². The minimum absolute atomic E-state index is 0.275. The Hall–Kier alpha value is -2.21. The Morgan fingerprint density at radius 1 is 1.26 bits per heavy atom. The molecule has 0 saturated carbocycles. The Morgan fingerprint density at radius 3 is 2.79 bits per heavy atom. The van der Waals surface area contributed by atoms with Gasteiger partial charge in [-0.2, -0.15) is 16.3 Å². The summed E-state index contributed by atoms with van der Waals surface area (Å²) in [6.07, 6.45) is 0. The van der Waals surface area contributed by atoms with Crippen LogP contribution in [0.4, 0.5) is 10.1 Å². The van der Waals surface area contributed by atoms with Crippen LogP contribution in [0.15, 0.2) is 33.5 Å². The summed E-state index contributed by atoms with van der Waals surface area (Å²) in [6.45, 7) is 1.98. The summed E-state index contributed by atoms with van der Waals surface area (Å²) in [5.74, 6) is 0.408. The van der Waals surface area contributed by atoms with Crippen LogP contribution >= 0.6 is 11.3 Å². The van der Waals surface area contributed by atoms with Crippen LogP contribution in [-0.2, 0) is 0 Å². The zero-order valence-corrected chi connectivity index (χ0v) is 10.9. The second kappa shape index (κ2) is 4.47. The lowest BCUT2D eigenvalue weighted by molar-refractivity contribution is 0.432. The number of thiophene rings is 1. The quantitative estimate of drug-likeness (QED) is 0.727. The standard InChI is InChI=1S/C13H10FN3OS/c1-7-5-19-6-10(7)12-16-13(18-17-12)9-3-2-8(14)4-11(9)15/h2-6H,15H2,1H3. The zero-order valence-electron chi connectivity index (χ0n) is 10.1. The number of halogens is 1. The molecule has 2 N–H and O–H groups in total. The molecule has 6 heteroatoms. The van der Waals surface area contributed by atoms with E-state index < -0.39 is 5.82 Å². The molecule has 0 aliphatic rings. The van der Waals surface area contributed by atoms with E-state index in [9.17, 15) is 4.39 Å². The smallest absolute Gasteiger partial charge is 0.260 e. The van der Waals surface area contributed by atoms with E-state index in [1.165, 1.54) is 18.2 Å². The predicted octanol–water partition coefficient (Wildman–Crippen LogP) is 3.49. The SMILES string of the molecule is Cc1cscc1-c1noc(-c2ccc(F)cc2N)n1. The summed E-state index contributed by atoms with van der Waals surface area (Å²) >= 11 is 1.58. The molecular formula is C13H10FN3OS. The van der Waals surface area contributed by atoms with Crippen molar-refractivity contribution < 1.29 is 8.91 Å². The van der Waals surface area contributed by atoms with E-state index in [2.05, 4.69) is 10.1 Å². The van der Waals surface area contributed by atoms with E-state index >= 15 is 0 Å². The fourth-order valence-electron chi connectivity index (χ4n) is 1.76. The Bertz CT molecular complexity index is 735. The van der Waals surface area contributed by atoms with Gasteiger partial charge in [-0.3, -0.25) is 0 Å². The lowest BCUT2D eigenvalue weighted by Gasteiger charge is -1.99. The van der Waals surface area contributed by atoms with Crippen molar-refractivity contribution in [1.82, 2.24) is 10.1 Å². The van der Waals surface area contributed by atoms with Crippen molar-refractivity contribution in [1.29, 1.82) is 0 Å². The fourth-order valence-corrected chi connectivity index (χ4v) is 2.59. The first kappa shape index (κ1) is 11.9. The minimum atomic E-state index is -0.394. The van der Waals surface area contributed by atoms with Crippen molar-refractivity contribution in [3.63, 3.8) is 0 Å². The zero-order chi connectivity index (χ0) is 13.4. The molecule has 2 heterocycles. The predicted molar refractivity (Wildman–Crippen MR) is 72.2 cm³/mol. The third-order valence-corrected chi connectivity index (χ3v) is 3.63. The molecule has 0 saturated heterocycles. The maximum absolute atomic E-state index is 13.0. The maximum Gasteiger partial charge on any atom is 0.260 e. The molecule has 0 fully saturated rings. The molecular weight excluding hydrogens is 265 g/mol. The van der Waals surface area contributed by atoms with Gasteiger partial charge in [0.05, 0.1) is 5.56 Å². The third-order valence-electron chi connectivity index (χ3n) is 2.77. The fraction of sp³-hybridized carbons (Fsp3) is 0.0769. The normalized spacial score (nSPS) is 10.8. The summed E-state index contributed by atoms with van der Waals surface area (Å²) in [6, 6.07) is 4.07. The summed E-state index contributed by atoms with van der Waals surface area (Å²) in [4.78, 5) is 4.30. The highest BCUT2D eigenvalue weighted by molar-refractivity contribution is 7.08. The van der Waals surface area contributed by atoms with Gasteiger partial charge in [0.25, 0.3) is 5.89 Å². The highest BCUT2D eigenvalue weighted by Gasteiger charge is 2.15. The van der Waals surface area contributed by atoms with Crippen molar-refractivity contribution in [2.45, 2.75) is 6.92 Å². The Morgan fingerprint density at radius 2 is 2.11 bits per heavy atom. The van der Waals surface area contributed by atoms with E-state index in [1.54, 1.807) is 11.3 Å². The van der Waals surface area contributed by atoms with Crippen LogP contribution in [0, 0.1) is 12.7 Å². The summed E-state index contributed by atoms with van der Waals surface area (Å²) in [5.41, 5.74) is 8.57. The van der Waals surface area contributed by atoms with Crippen LogP contribution in [-0.4, -0.2) is 10.1 Å². The number of aromatic nitrogens is 2. The van der Waals surface area contributed by atoms with E-state index in [0.29, 0.717) is 11.4 Å². The topological polar surface area (TPSA) is 64.9 Å². The molecule has 3 aromatic rings. The first-order chi connectivity index (χ1) is 9.15. The molecule has 3 rings (SSSR count). The van der Waals surface area contributed by atoms with Gasteiger partial charge in [-0.1, -0.05) is 5.16 Å². The number of aryl methyl sites for hydroxylation is 1. The number of nitrogens with zero attached hydrogens (tertiary/aromatic N) is 2. The van der Waals surface area contributed by atoms with Crippen molar-refractivity contribution in [2.75, 3.05) is 5.73 Å². The highest BCUT2D eigenvalue weighted by atomic mass is 32.1. The molecule has 0 aliphatic carbocycles. The summed E-state index contributed by atoms with van der Waals surface area (Å²) < 4.78 is 18.2. The molecule has 0 bridgehead atoms. The summed E-state index contributed by atoms with van der Waals surface area (Å²) in [7, 11) is 0. The lowest BCUT2D eigenvalue weighted by atomic mass is 10.1. The molecule has 0 amide bonds. The Kier molecular flexibility index (Phi) is 2.79. The number of hydrogen-bond acceptors (Lipinski definition) is 5. The molecule has 4 nitrogen and oxygen atoms in total. The molecule has 96 valence electrons. The van der Waals surface area contributed by atoms with Gasteiger partial charge in [-0.25, -0.2) is 4.39 Å². The average Bonchev–Trinajstić information content (AvgIpc) is 2.97. The minimum Gasteiger partial charge on any atom is -0.398 e.